The number of halogens is 2. The van der Waals surface area contributed by atoms with Crippen LogP contribution >= 0.6 is 24.0 Å². The van der Waals surface area contributed by atoms with Crippen LogP contribution in [0.15, 0.2) is 18.2 Å². The first-order valence-electron chi connectivity index (χ1n) is 6.80. The molecule has 2 rings (SSSR count). The van der Waals surface area contributed by atoms with E-state index in [9.17, 15) is 4.79 Å². The molecule has 1 saturated heterocycles. The molecule has 0 bridgehead atoms. The van der Waals surface area contributed by atoms with Crippen LogP contribution < -0.4 is 5.73 Å². The average molecular weight is 317 g/mol. The highest BCUT2D eigenvalue weighted by Crippen LogP contribution is 2.25. The van der Waals surface area contributed by atoms with E-state index < -0.39 is 0 Å². The second kappa shape index (κ2) is 7.30. The van der Waals surface area contributed by atoms with E-state index in [0.717, 1.165) is 24.9 Å². The quantitative estimate of drug-likeness (QED) is 0.910. The topological polar surface area (TPSA) is 46.3 Å². The van der Waals surface area contributed by atoms with Crippen molar-refractivity contribution in [2.24, 2.45) is 11.7 Å². The van der Waals surface area contributed by atoms with Gasteiger partial charge >= 0.3 is 0 Å². The van der Waals surface area contributed by atoms with Gasteiger partial charge in [-0.3, -0.25) is 4.79 Å². The number of carbonyl (C=O) groups excluding carboxylic acids is 1. The molecular weight excluding hydrogens is 295 g/mol. The van der Waals surface area contributed by atoms with Crippen molar-refractivity contribution in [2.45, 2.75) is 32.7 Å². The monoisotopic (exact) mass is 316 g/mol. The number of carbonyl (C=O) groups is 1. The van der Waals surface area contributed by atoms with E-state index in [2.05, 4.69) is 6.92 Å². The Morgan fingerprint density at radius 2 is 2.20 bits per heavy atom. The van der Waals surface area contributed by atoms with Gasteiger partial charge in [0.1, 0.15) is 0 Å². The lowest BCUT2D eigenvalue weighted by Gasteiger charge is -2.38. The summed E-state index contributed by atoms with van der Waals surface area (Å²) >= 11 is 6.00. The van der Waals surface area contributed by atoms with Crippen molar-refractivity contribution in [3.05, 3.63) is 34.3 Å². The number of aryl methyl sites for hydroxylation is 1. The van der Waals surface area contributed by atoms with Crippen LogP contribution in [0.2, 0.25) is 5.02 Å². The molecule has 2 N–H and O–H groups in total. The first kappa shape index (κ1) is 17.3. The molecule has 3 nitrogen and oxygen atoms in total. The standard InChI is InChI=1S/C15H21ClN2O.ClH/c1-10-5-6-18(13(7-10)9-17)15(19)14-8-12(16)4-3-11(14)2;/h3-4,8,10,13H,5-7,9,17H2,1-2H3;1H. The molecule has 0 spiro atoms. The van der Waals surface area contributed by atoms with Crippen LogP contribution in [0, 0.1) is 12.8 Å². The van der Waals surface area contributed by atoms with Gasteiger partial charge in [-0.2, -0.15) is 0 Å². The predicted octanol–water partition coefficient (Wildman–Crippen LogP) is 3.27. The van der Waals surface area contributed by atoms with E-state index in [0.29, 0.717) is 23.0 Å². The number of rotatable bonds is 2. The van der Waals surface area contributed by atoms with Crippen LogP contribution in [0.4, 0.5) is 0 Å². The summed E-state index contributed by atoms with van der Waals surface area (Å²) in [5.41, 5.74) is 7.48. The predicted molar refractivity (Wildman–Crippen MR) is 85.7 cm³/mol. The van der Waals surface area contributed by atoms with E-state index in [1.165, 1.54) is 0 Å². The van der Waals surface area contributed by atoms with Gasteiger partial charge in [0.15, 0.2) is 0 Å². The number of nitrogens with zero attached hydrogens (tertiary/aromatic N) is 1. The number of hydrogen-bond donors (Lipinski definition) is 1. The zero-order chi connectivity index (χ0) is 14.0. The third-order valence-corrected chi connectivity index (χ3v) is 4.18. The minimum Gasteiger partial charge on any atom is -0.334 e. The molecule has 2 unspecified atom stereocenters. The Bertz CT molecular complexity index is 479. The molecule has 0 aliphatic carbocycles. The molecule has 1 amide bonds. The van der Waals surface area contributed by atoms with Gasteiger partial charge in [0, 0.05) is 29.7 Å². The zero-order valence-electron chi connectivity index (χ0n) is 11.9. The van der Waals surface area contributed by atoms with E-state index in [-0.39, 0.29) is 24.4 Å². The highest BCUT2D eigenvalue weighted by atomic mass is 35.5. The Balaban J connectivity index is 0.00000200. The summed E-state index contributed by atoms with van der Waals surface area (Å²) in [5.74, 6) is 0.695. The number of hydrogen-bond acceptors (Lipinski definition) is 2. The molecule has 1 fully saturated rings. The number of amides is 1. The van der Waals surface area contributed by atoms with Crippen LogP contribution in [0.1, 0.15) is 35.7 Å². The van der Waals surface area contributed by atoms with Crippen LogP contribution in [0.25, 0.3) is 0 Å². The molecule has 5 heteroatoms. The van der Waals surface area contributed by atoms with Gasteiger partial charge in [-0.25, -0.2) is 0 Å². The van der Waals surface area contributed by atoms with E-state index >= 15 is 0 Å². The summed E-state index contributed by atoms with van der Waals surface area (Å²) in [4.78, 5) is 14.6. The number of nitrogens with two attached hydrogens (primary N) is 1. The summed E-state index contributed by atoms with van der Waals surface area (Å²) < 4.78 is 0. The molecule has 1 aliphatic heterocycles. The largest absolute Gasteiger partial charge is 0.334 e. The van der Waals surface area contributed by atoms with Crippen molar-refractivity contribution in [2.75, 3.05) is 13.1 Å². The fraction of sp³-hybridized carbons (Fsp3) is 0.533. The normalized spacial score (nSPS) is 22.3. The first-order valence-corrected chi connectivity index (χ1v) is 7.18. The lowest BCUT2D eigenvalue weighted by molar-refractivity contribution is 0.0573. The number of piperidine rings is 1. The summed E-state index contributed by atoms with van der Waals surface area (Å²) in [6.45, 7) is 5.46. The Labute approximate surface area is 131 Å². The molecule has 1 aliphatic rings. The van der Waals surface area contributed by atoms with Crippen LogP contribution in [0.3, 0.4) is 0 Å². The lowest BCUT2D eigenvalue weighted by Crippen LogP contribution is -2.49. The molecule has 2 atom stereocenters. The van der Waals surface area contributed by atoms with Crippen molar-refractivity contribution < 1.29 is 4.79 Å². The lowest BCUT2D eigenvalue weighted by atomic mass is 9.91. The average Bonchev–Trinajstić information content (AvgIpc) is 2.40. The Morgan fingerprint density at radius 1 is 1.50 bits per heavy atom. The maximum atomic E-state index is 12.7. The van der Waals surface area contributed by atoms with Crippen molar-refractivity contribution in [1.82, 2.24) is 4.90 Å². The van der Waals surface area contributed by atoms with Gasteiger partial charge in [0.25, 0.3) is 5.91 Å². The first-order chi connectivity index (χ1) is 9.02. The summed E-state index contributed by atoms with van der Waals surface area (Å²) in [6.07, 6.45) is 2.03. The Kier molecular flexibility index (Phi) is 6.31. The summed E-state index contributed by atoms with van der Waals surface area (Å²) in [7, 11) is 0. The number of benzene rings is 1. The third-order valence-electron chi connectivity index (χ3n) is 3.94. The summed E-state index contributed by atoms with van der Waals surface area (Å²) in [5, 5.41) is 0.601. The van der Waals surface area contributed by atoms with Crippen molar-refractivity contribution >= 4 is 29.9 Å². The molecule has 0 aromatic heterocycles. The fourth-order valence-corrected chi connectivity index (χ4v) is 2.89. The van der Waals surface area contributed by atoms with Gasteiger partial charge in [-0.15, -0.1) is 12.4 Å². The molecule has 1 aromatic carbocycles. The smallest absolute Gasteiger partial charge is 0.254 e. The van der Waals surface area contributed by atoms with E-state index in [4.69, 9.17) is 17.3 Å². The third kappa shape index (κ3) is 3.66. The molecule has 1 aromatic rings. The Hall–Kier alpha value is -0.770. The van der Waals surface area contributed by atoms with Gasteiger partial charge in [-0.05, 0) is 43.4 Å². The SMILES string of the molecule is Cc1ccc(Cl)cc1C(=O)N1CCC(C)CC1CN.Cl. The molecule has 20 heavy (non-hydrogen) atoms. The minimum atomic E-state index is 0. The van der Waals surface area contributed by atoms with Crippen molar-refractivity contribution in [3.63, 3.8) is 0 Å². The van der Waals surface area contributed by atoms with Crippen LogP contribution in [-0.2, 0) is 0 Å². The second-order valence-electron chi connectivity index (χ2n) is 5.48. The number of likely N-dealkylation sites (tertiary alicyclic amines) is 1. The van der Waals surface area contributed by atoms with Gasteiger partial charge in [-0.1, -0.05) is 24.6 Å². The molecule has 0 radical (unpaired) electrons. The fourth-order valence-electron chi connectivity index (χ4n) is 2.72. The van der Waals surface area contributed by atoms with Crippen molar-refractivity contribution in [3.8, 4) is 0 Å². The van der Waals surface area contributed by atoms with Crippen molar-refractivity contribution in [1.29, 1.82) is 0 Å². The van der Waals surface area contributed by atoms with Crippen LogP contribution in [0.5, 0.6) is 0 Å². The maximum Gasteiger partial charge on any atom is 0.254 e. The van der Waals surface area contributed by atoms with Crippen LogP contribution in [-0.4, -0.2) is 29.9 Å². The highest BCUT2D eigenvalue weighted by Gasteiger charge is 2.30. The summed E-state index contributed by atoms with van der Waals surface area (Å²) in [6, 6.07) is 5.60. The molecular formula is C15H22Cl2N2O. The Morgan fingerprint density at radius 3 is 2.85 bits per heavy atom. The van der Waals surface area contributed by atoms with Gasteiger partial charge in [0.05, 0.1) is 0 Å². The molecule has 112 valence electrons. The maximum absolute atomic E-state index is 12.7. The van der Waals surface area contributed by atoms with E-state index in [1.807, 2.05) is 24.0 Å². The molecule has 1 heterocycles. The van der Waals surface area contributed by atoms with Gasteiger partial charge in [0.2, 0.25) is 0 Å². The minimum absolute atomic E-state index is 0. The highest BCUT2D eigenvalue weighted by molar-refractivity contribution is 6.31. The molecule has 0 saturated carbocycles. The van der Waals surface area contributed by atoms with Gasteiger partial charge < -0.3 is 10.6 Å². The zero-order valence-corrected chi connectivity index (χ0v) is 13.5. The second-order valence-corrected chi connectivity index (χ2v) is 5.91. The van der Waals surface area contributed by atoms with E-state index in [1.54, 1.807) is 6.07 Å².